The summed E-state index contributed by atoms with van der Waals surface area (Å²) >= 11 is 0. The second-order valence-electron chi connectivity index (χ2n) is 3.70. The fraction of sp³-hybridized carbons (Fsp3) is 0.364. The SMILES string of the molecule is C[C@@H](O)CNC(=O)COc1cccc([N+](=O)[O-])c1. The Bertz CT molecular complexity index is 433. The number of carbonyl (C=O) groups is 1. The number of nitro benzene ring substituents is 1. The molecule has 0 bridgehead atoms. The Kier molecular flexibility index (Phi) is 5.06. The summed E-state index contributed by atoms with van der Waals surface area (Å²) in [5.74, 6) is -0.154. The van der Waals surface area contributed by atoms with Gasteiger partial charge in [0.2, 0.25) is 0 Å². The molecule has 7 nitrogen and oxygen atoms in total. The van der Waals surface area contributed by atoms with Crippen molar-refractivity contribution in [1.82, 2.24) is 5.32 Å². The third-order valence-corrected chi connectivity index (χ3v) is 1.99. The standard InChI is InChI=1S/C11H14N2O5/c1-8(14)6-12-11(15)7-18-10-4-2-3-9(5-10)13(16)17/h2-5,8,14H,6-7H2,1H3,(H,12,15)/t8-/m1/s1. The number of rotatable bonds is 6. The van der Waals surface area contributed by atoms with E-state index in [1.165, 1.54) is 24.3 Å². The summed E-state index contributed by atoms with van der Waals surface area (Å²) in [4.78, 5) is 21.2. The molecule has 1 aromatic carbocycles. The molecular weight excluding hydrogens is 240 g/mol. The van der Waals surface area contributed by atoms with Crippen molar-refractivity contribution in [2.24, 2.45) is 0 Å². The lowest BCUT2D eigenvalue weighted by Gasteiger charge is -2.08. The zero-order chi connectivity index (χ0) is 13.5. The largest absolute Gasteiger partial charge is 0.484 e. The second-order valence-corrected chi connectivity index (χ2v) is 3.70. The molecular formula is C11H14N2O5. The smallest absolute Gasteiger partial charge is 0.273 e. The van der Waals surface area contributed by atoms with Gasteiger partial charge < -0.3 is 15.2 Å². The number of non-ortho nitro benzene ring substituents is 1. The Morgan fingerprint density at radius 3 is 2.94 bits per heavy atom. The van der Waals surface area contributed by atoms with Crippen molar-refractivity contribution in [2.75, 3.05) is 13.2 Å². The highest BCUT2D eigenvalue weighted by atomic mass is 16.6. The Labute approximate surface area is 104 Å². The van der Waals surface area contributed by atoms with Gasteiger partial charge in [0, 0.05) is 12.6 Å². The molecule has 0 spiro atoms. The van der Waals surface area contributed by atoms with Crippen LogP contribution in [0.3, 0.4) is 0 Å². The highest BCUT2D eigenvalue weighted by Gasteiger charge is 2.08. The van der Waals surface area contributed by atoms with Gasteiger partial charge in [-0.1, -0.05) is 6.07 Å². The Morgan fingerprint density at radius 2 is 2.33 bits per heavy atom. The van der Waals surface area contributed by atoms with E-state index in [4.69, 9.17) is 9.84 Å². The van der Waals surface area contributed by atoms with Crippen LogP contribution in [0.25, 0.3) is 0 Å². The number of nitrogens with one attached hydrogen (secondary N) is 1. The molecule has 18 heavy (non-hydrogen) atoms. The third-order valence-electron chi connectivity index (χ3n) is 1.99. The minimum atomic E-state index is -0.633. The summed E-state index contributed by atoms with van der Waals surface area (Å²) in [6, 6.07) is 5.57. The summed E-state index contributed by atoms with van der Waals surface area (Å²) in [5, 5.41) is 21.9. The van der Waals surface area contributed by atoms with Gasteiger partial charge in [0.05, 0.1) is 17.1 Å². The van der Waals surface area contributed by atoms with Crippen LogP contribution in [-0.4, -0.2) is 35.2 Å². The number of ether oxygens (including phenoxy) is 1. The first-order valence-corrected chi connectivity index (χ1v) is 5.31. The normalized spacial score (nSPS) is 11.7. The van der Waals surface area contributed by atoms with Crippen LogP contribution in [-0.2, 0) is 4.79 Å². The van der Waals surface area contributed by atoms with Crippen molar-refractivity contribution < 1.29 is 19.6 Å². The number of nitrogens with zero attached hydrogens (tertiary/aromatic N) is 1. The lowest BCUT2D eigenvalue weighted by Crippen LogP contribution is -2.34. The quantitative estimate of drug-likeness (QED) is 0.567. The molecule has 1 aromatic rings. The molecule has 0 saturated carbocycles. The molecule has 1 amide bonds. The summed E-state index contributed by atoms with van der Waals surface area (Å²) in [7, 11) is 0. The minimum Gasteiger partial charge on any atom is -0.484 e. The molecule has 0 aliphatic carbocycles. The molecule has 1 atom stereocenters. The molecule has 0 saturated heterocycles. The number of benzene rings is 1. The van der Waals surface area contributed by atoms with Crippen LogP contribution >= 0.6 is 0 Å². The van der Waals surface area contributed by atoms with Crippen molar-refractivity contribution in [3.63, 3.8) is 0 Å². The van der Waals surface area contributed by atoms with Gasteiger partial charge in [0.25, 0.3) is 11.6 Å². The van der Waals surface area contributed by atoms with E-state index in [-0.39, 0.29) is 24.6 Å². The third kappa shape index (κ3) is 4.79. The maximum Gasteiger partial charge on any atom is 0.273 e. The molecule has 98 valence electrons. The highest BCUT2D eigenvalue weighted by Crippen LogP contribution is 2.18. The van der Waals surface area contributed by atoms with E-state index in [9.17, 15) is 14.9 Å². The number of hydrogen-bond donors (Lipinski definition) is 2. The monoisotopic (exact) mass is 254 g/mol. The number of carbonyl (C=O) groups excluding carboxylic acids is 1. The number of nitro groups is 1. The maximum absolute atomic E-state index is 11.3. The fourth-order valence-electron chi connectivity index (χ4n) is 1.15. The summed E-state index contributed by atoms with van der Waals surface area (Å²) in [6.45, 7) is 1.42. The summed E-state index contributed by atoms with van der Waals surface area (Å²) < 4.78 is 5.09. The Morgan fingerprint density at radius 1 is 1.61 bits per heavy atom. The topological polar surface area (TPSA) is 102 Å². The van der Waals surface area contributed by atoms with Crippen molar-refractivity contribution in [3.8, 4) is 5.75 Å². The van der Waals surface area contributed by atoms with Gasteiger partial charge in [-0.25, -0.2) is 0 Å². The van der Waals surface area contributed by atoms with E-state index in [1.807, 2.05) is 0 Å². The van der Waals surface area contributed by atoms with Gasteiger partial charge in [-0.2, -0.15) is 0 Å². The van der Waals surface area contributed by atoms with Crippen LogP contribution in [0.15, 0.2) is 24.3 Å². The van der Waals surface area contributed by atoms with E-state index >= 15 is 0 Å². The van der Waals surface area contributed by atoms with E-state index < -0.39 is 16.9 Å². The van der Waals surface area contributed by atoms with E-state index in [2.05, 4.69) is 5.32 Å². The summed E-state index contributed by atoms with van der Waals surface area (Å²) in [6.07, 6.45) is -0.633. The zero-order valence-corrected chi connectivity index (χ0v) is 9.83. The van der Waals surface area contributed by atoms with Gasteiger partial charge >= 0.3 is 0 Å². The average Bonchev–Trinajstić information content (AvgIpc) is 2.34. The predicted octanol–water partition coefficient (Wildman–Crippen LogP) is 0.471. The van der Waals surface area contributed by atoms with Crippen LogP contribution in [0.2, 0.25) is 0 Å². The second kappa shape index (κ2) is 6.55. The van der Waals surface area contributed by atoms with Crippen molar-refractivity contribution in [3.05, 3.63) is 34.4 Å². The Balaban J connectivity index is 2.46. The first kappa shape index (κ1) is 13.9. The van der Waals surface area contributed by atoms with Crippen LogP contribution in [0, 0.1) is 10.1 Å². The number of amides is 1. The maximum atomic E-state index is 11.3. The first-order chi connectivity index (χ1) is 8.49. The van der Waals surface area contributed by atoms with E-state index in [0.29, 0.717) is 0 Å². The molecule has 0 radical (unpaired) electrons. The van der Waals surface area contributed by atoms with Crippen molar-refractivity contribution >= 4 is 11.6 Å². The van der Waals surface area contributed by atoms with Crippen LogP contribution < -0.4 is 10.1 Å². The Hall–Kier alpha value is -2.15. The molecule has 0 unspecified atom stereocenters. The lowest BCUT2D eigenvalue weighted by molar-refractivity contribution is -0.384. The molecule has 0 fully saturated rings. The van der Waals surface area contributed by atoms with Gasteiger partial charge in [-0.15, -0.1) is 0 Å². The fourth-order valence-corrected chi connectivity index (χ4v) is 1.15. The van der Waals surface area contributed by atoms with Crippen molar-refractivity contribution in [2.45, 2.75) is 13.0 Å². The van der Waals surface area contributed by atoms with Gasteiger partial charge in [0.1, 0.15) is 5.75 Å². The molecule has 2 N–H and O–H groups in total. The molecule has 1 rings (SSSR count). The average molecular weight is 254 g/mol. The predicted molar refractivity (Wildman–Crippen MR) is 63.3 cm³/mol. The van der Waals surface area contributed by atoms with Gasteiger partial charge in [0.15, 0.2) is 6.61 Å². The van der Waals surface area contributed by atoms with Gasteiger partial charge in [-0.3, -0.25) is 14.9 Å². The number of aliphatic hydroxyl groups excluding tert-OH is 1. The molecule has 0 aromatic heterocycles. The van der Waals surface area contributed by atoms with E-state index in [0.717, 1.165) is 0 Å². The molecule has 0 heterocycles. The molecule has 0 aliphatic rings. The minimum absolute atomic E-state index is 0.100. The van der Waals surface area contributed by atoms with Crippen molar-refractivity contribution in [1.29, 1.82) is 0 Å². The van der Waals surface area contributed by atoms with Crippen LogP contribution in [0.5, 0.6) is 5.75 Å². The lowest BCUT2D eigenvalue weighted by atomic mass is 10.3. The highest BCUT2D eigenvalue weighted by molar-refractivity contribution is 5.77. The molecule has 7 heteroatoms. The van der Waals surface area contributed by atoms with Crippen LogP contribution in [0.4, 0.5) is 5.69 Å². The molecule has 0 aliphatic heterocycles. The van der Waals surface area contributed by atoms with Crippen LogP contribution in [0.1, 0.15) is 6.92 Å². The summed E-state index contributed by atoms with van der Waals surface area (Å²) in [5.41, 5.74) is -0.100. The van der Waals surface area contributed by atoms with E-state index in [1.54, 1.807) is 6.92 Å². The zero-order valence-electron chi connectivity index (χ0n) is 9.83. The van der Waals surface area contributed by atoms with Gasteiger partial charge in [-0.05, 0) is 13.0 Å². The number of aliphatic hydroxyl groups is 1. The number of hydrogen-bond acceptors (Lipinski definition) is 5. The first-order valence-electron chi connectivity index (χ1n) is 5.31.